The molecule has 2 aliphatic carbocycles. The van der Waals surface area contributed by atoms with Crippen molar-refractivity contribution in [3.8, 4) is 11.5 Å². The van der Waals surface area contributed by atoms with Crippen molar-refractivity contribution >= 4 is 17.2 Å². The summed E-state index contributed by atoms with van der Waals surface area (Å²) in [5.41, 5.74) is 2.78. The van der Waals surface area contributed by atoms with Crippen LogP contribution in [0.15, 0.2) is 84.5 Å². The lowest BCUT2D eigenvalue weighted by atomic mass is 9.74. The smallest absolute Gasteiger partial charge is 0.125 e. The van der Waals surface area contributed by atoms with Crippen LogP contribution in [0.1, 0.15) is 106 Å². The number of pyridine rings is 1. The van der Waals surface area contributed by atoms with Gasteiger partial charge in [0.2, 0.25) is 0 Å². The summed E-state index contributed by atoms with van der Waals surface area (Å²) in [5.74, 6) is 2.94. The Kier molecular flexibility index (Phi) is 13.5. The van der Waals surface area contributed by atoms with Crippen LogP contribution in [0.2, 0.25) is 0 Å². The molecule has 0 radical (unpaired) electrons. The number of likely N-dealkylation sites (tertiary alicyclic amines) is 2. The summed E-state index contributed by atoms with van der Waals surface area (Å²) in [6, 6.07) is 25.4. The van der Waals surface area contributed by atoms with Gasteiger partial charge in [0.1, 0.15) is 34.5 Å². The molecular weight excluding hydrogens is 755 g/mol. The predicted octanol–water partition coefficient (Wildman–Crippen LogP) is 9.27. The number of aromatic nitrogens is 2. The van der Waals surface area contributed by atoms with E-state index in [1.165, 1.54) is 80.8 Å². The average Bonchev–Trinajstić information content (AvgIpc) is 3.81. The van der Waals surface area contributed by atoms with E-state index in [-0.39, 0.29) is 10.8 Å². The van der Waals surface area contributed by atoms with E-state index in [0.29, 0.717) is 12.2 Å². The third kappa shape index (κ3) is 9.83. The summed E-state index contributed by atoms with van der Waals surface area (Å²) in [6.07, 6.45) is 21.5. The summed E-state index contributed by atoms with van der Waals surface area (Å²) in [5, 5.41) is 6.85. The fourth-order valence-electron chi connectivity index (χ4n) is 10.2. The van der Waals surface area contributed by atoms with E-state index < -0.39 is 0 Å². The van der Waals surface area contributed by atoms with Crippen LogP contribution in [-0.4, -0.2) is 103 Å². The van der Waals surface area contributed by atoms with Crippen molar-refractivity contribution in [2.24, 2.45) is 0 Å². The van der Waals surface area contributed by atoms with Gasteiger partial charge >= 0.3 is 0 Å². The molecule has 10 heteroatoms. The zero-order valence-electron chi connectivity index (χ0n) is 35.0. The number of hydrogen-bond donors (Lipinski definition) is 1. The fraction of sp³-hybridized carbons (Fsp3) is 0.592. The maximum atomic E-state index is 6.36. The van der Waals surface area contributed by atoms with E-state index in [2.05, 4.69) is 79.0 Å². The van der Waals surface area contributed by atoms with Crippen molar-refractivity contribution in [1.29, 1.82) is 0 Å². The van der Waals surface area contributed by atoms with Gasteiger partial charge in [-0.15, -0.1) is 11.3 Å². The van der Waals surface area contributed by atoms with Crippen molar-refractivity contribution < 1.29 is 18.9 Å². The van der Waals surface area contributed by atoms with E-state index in [4.69, 9.17) is 18.9 Å². The van der Waals surface area contributed by atoms with Gasteiger partial charge in [-0.1, -0.05) is 43.2 Å². The lowest BCUT2D eigenvalue weighted by molar-refractivity contribution is 0.0490. The first kappa shape index (κ1) is 40.8. The van der Waals surface area contributed by atoms with E-state index in [9.17, 15) is 0 Å². The molecule has 6 aliphatic rings. The van der Waals surface area contributed by atoms with Crippen LogP contribution in [0.3, 0.4) is 0 Å². The largest absolute Gasteiger partial charge is 0.490 e. The summed E-state index contributed by atoms with van der Waals surface area (Å²) >= 11 is 1.76. The Balaban J connectivity index is 0.000000153. The molecule has 0 atom stereocenters. The molecule has 4 aromatic rings. The Morgan fingerprint density at radius 1 is 0.610 bits per heavy atom. The zero-order chi connectivity index (χ0) is 39.7. The number of rotatable bonds is 12. The van der Waals surface area contributed by atoms with E-state index >= 15 is 0 Å². The fourth-order valence-corrected chi connectivity index (χ4v) is 11.1. The lowest BCUT2D eigenvalue weighted by Gasteiger charge is -2.41. The Morgan fingerprint density at radius 3 is 1.63 bits per heavy atom. The minimum absolute atomic E-state index is 0.000933. The van der Waals surface area contributed by atoms with Gasteiger partial charge < -0.3 is 34.1 Å². The maximum absolute atomic E-state index is 6.36. The molecule has 6 heterocycles. The van der Waals surface area contributed by atoms with Gasteiger partial charge in [-0.05, 0) is 125 Å². The van der Waals surface area contributed by atoms with Crippen molar-refractivity contribution in [2.75, 3.05) is 64.5 Å². The quantitative estimate of drug-likeness (QED) is 0.151. The molecule has 1 N–H and O–H groups in total. The van der Waals surface area contributed by atoms with Crippen LogP contribution < -0.4 is 14.8 Å². The molecule has 2 aromatic carbocycles. The molecular formula is C49H65N5O4S. The van der Waals surface area contributed by atoms with Crippen LogP contribution >= 0.6 is 11.3 Å². The standard InChI is InChI=1S/C26H35N3O2.C23H30N2O2S/c1-2-15-27-25(6-1)28-20-26(13-18-30-19-14-26)21-7-9-23(10-8-21)31-24-11-16-29(17-12-24)22-4-3-5-22;1-2-19(3-1)25-13-8-21(9-14-25)27-20-6-4-18(5-7-20)23(10-15-26-16-11-23)22-24-12-17-28-22/h1-2,6-10,15,22,24H,3-5,11-14,16-20H2,(H,27,28);4-7,12,17,19,21H,1-3,8-11,13-16H2. The molecule has 316 valence electrons. The van der Waals surface area contributed by atoms with Gasteiger partial charge in [-0.2, -0.15) is 0 Å². The number of ether oxygens (including phenoxy) is 4. The maximum Gasteiger partial charge on any atom is 0.125 e. The lowest BCUT2D eigenvalue weighted by Crippen LogP contribution is -2.46. The Labute approximate surface area is 356 Å². The normalized spacial score (nSPS) is 23.3. The molecule has 0 unspecified atom stereocenters. The number of hydrogen-bond acceptors (Lipinski definition) is 10. The second-order valence-electron chi connectivity index (χ2n) is 17.9. The van der Waals surface area contributed by atoms with E-state index in [1.54, 1.807) is 11.3 Å². The number of nitrogens with zero attached hydrogens (tertiary/aromatic N) is 4. The van der Waals surface area contributed by atoms with Gasteiger partial charge in [0.05, 0.1) is 5.41 Å². The highest BCUT2D eigenvalue weighted by Crippen LogP contribution is 2.43. The summed E-state index contributed by atoms with van der Waals surface area (Å²) in [4.78, 5) is 14.4. The number of nitrogens with one attached hydrogen (secondary N) is 1. The Bertz CT molecular complexity index is 1830. The third-order valence-corrected chi connectivity index (χ3v) is 15.5. The Hall–Kier alpha value is -3.54. The molecule has 0 amide bonds. The van der Waals surface area contributed by atoms with Crippen molar-refractivity contribution in [3.05, 3.63) is 101 Å². The molecule has 59 heavy (non-hydrogen) atoms. The number of benzene rings is 2. The second kappa shape index (κ2) is 19.4. The van der Waals surface area contributed by atoms with Crippen LogP contribution in [0.25, 0.3) is 0 Å². The second-order valence-corrected chi connectivity index (χ2v) is 18.8. The molecule has 10 rings (SSSR count). The average molecular weight is 820 g/mol. The molecule has 4 aliphatic heterocycles. The summed E-state index contributed by atoms with van der Waals surface area (Å²) in [7, 11) is 0. The predicted molar refractivity (Wildman–Crippen MR) is 236 cm³/mol. The van der Waals surface area contributed by atoms with E-state index in [1.807, 2.05) is 30.6 Å². The third-order valence-electron chi connectivity index (χ3n) is 14.5. The minimum atomic E-state index is -0.000933. The first-order valence-corrected chi connectivity index (χ1v) is 23.8. The van der Waals surface area contributed by atoms with Gasteiger partial charge in [0.15, 0.2) is 0 Å². The molecule has 2 aromatic heterocycles. The Morgan fingerprint density at radius 2 is 1.15 bits per heavy atom. The molecule has 2 saturated carbocycles. The molecule has 9 nitrogen and oxygen atoms in total. The zero-order valence-corrected chi connectivity index (χ0v) is 35.8. The van der Waals surface area contributed by atoms with Crippen LogP contribution in [-0.2, 0) is 20.3 Å². The number of anilines is 1. The van der Waals surface area contributed by atoms with Crippen LogP contribution in [0, 0.1) is 0 Å². The highest BCUT2D eigenvalue weighted by molar-refractivity contribution is 7.09. The first-order chi connectivity index (χ1) is 29.1. The summed E-state index contributed by atoms with van der Waals surface area (Å²) in [6.45, 7) is 8.86. The van der Waals surface area contributed by atoms with Gasteiger partial charge in [-0.25, -0.2) is 9.97 Å². The van der Waals surface area contributed by atoms with Gasteiger partial charge in [-0.3, -0.25) is 0 Å². The molecule has 0 bridgehead atoms. The molecule has 6 fully saturated rings. The van der Waals surface area contributed by atoms with Crippen molar-refractivity contribution in [3.63, 3.8) is 0 Å². The molecule has 0 spiro atoms. The van der Waals surface area contributed by atoms with Crippen molar-refractivity contribution in [2.45, 2.75) is 125 Å². The van der Waals surface area contributed by atoms with E-state index in [0.717, 1.165) is 114 Å². The van der Waals surface area contributed by atoms with Crippen LogP contribution in [0.4, 0.5) is 5.82 Å². The van der Waals surface area contributed by atoms with Gasteiger partial charge in [0, 0.05) is 94.4 Å². The monoisotopic (exact) mass is 819 g/mol. The number of thiazole rings is 1. The highest BCUT2D eigenvalue weighted by Gasteiger charge is 2.39. The van der Waals surface area contributed by atoms with Gasteiger partial charge in [0.25, 0.3) is 0 Å². The minimum Gasteiger partial charge on any atom is -0.490 e. The highest BCUT2D eigenvalue weighted by atomic mass is 32.1. The topological polar surface area (TPSA) is 81.2 Å². The van der Waals surface area contributed by atoms with Crippen LogP contribution in [0.5, 0.6) is 11.5 Å². The van der Waals surface area contributed by atoms with Crippen molar-refractivity contribution in [1.82, 2.24) is 19.8 Å². The SMILES string of the molecule is c1ccc(NCC2(c3ccc(OC4CCN(C5CCC5)CC4)cc3)CCOCC2)nc1.c1csc(C2(c3ccc(OC4CCN(C5CCC5)CC4)cc3)CCOCC2)n1. The first-order valence-electron chi connectivity index (χ1n) is 22.9. The number of piperidine rings is 2. The molecule has 4 saturated heterocycles. The summed E-state index contributed by atoms with van der Waals surface area (Å²) < 4.78 is 24.0.